The number of amides is 1. The Hall–Kier alpha value is -3.28. The molecule has 1 N–H and O–H groups in total. The van der Waals surface area contributed by atoms with E-state index in [1.807, 2.05) is 42.5 Å². The molecule has 28 heavy (non-hydrogen) atoms. The third kappa shape index (κ3) is 2.48. The molecule has 6 nitrogen and oxygen atoms in total. The fourth-order valence-electron chi connectivity index (χ4n) is 4.36. The lowest BCUT2D eigenvalue weighted by atomic mass is 9.85. The smallest absolute Gasteiger partial charge is 0.339 e. The van der Waals surface area contributed by atoms with E-state index < -0.39 is 5.60 Å². The third-order valence-electron chi connectivity index (χ3n) is 5.73. The summed E-state index contributed by atoms with van der Waals surface area (Å²) in [5, 5.41) is 0.952. The van der Waals surface area contributed by atoms with Crippen LogP contribution in [0.1, 0.15) is 39.3 Å². The minimum atomic E-state index is -0.739. The van der Waals surface area contributed by atoms with Gasteiger partial charge in [0.1, 0.15) is 11.4 Å². The number of fused-ring (bicyclic) bond motifs is 3. The van der Waals surface area contributed by atoms with E-state index in [2.05, 4.69) is 4.98 Å². The zero-order chi connectivity index (χ0) is 19.3. The number of likely N-dealkylation sites (tertiary alicyclic amines) is 1. The van der Waals surface area contributed by atoms with Gasteiger partial charge in [0, 0.05) is 29.1 Å². The number of ether oxygens (including phenoxy) is 2. The lowest BCUT2D eigenvalue weighted by molar-refractivity contribution is -0.0443. The summed E-state index contributed by atoms with van der Waals surface area (Å²) in [5.74, 6) is 0.344. The van der Waals surface area contributed by atoms with E-state index in [9.17, 15) is 9.59 Å². The molecular weight excluding hydrogens is 356 g/mol. The second-order valence-corrected chi connectivity index (χ2v) is 7.40. The fraction of sp³-hybridized carbons (Fsp3) is 0.273. The topological polar surface area (TPSA) is 71.6 Å². The van der Waals surface area contributed by atoms with E-state index in [1.165, 1.54) is 0 Å². The Morgan fingerprint density at radius 2 is 2.07 bits per heavy atom. The number of carbonyl (C=O) groups excluding carboxylic acids is 2. The van der Waals surface area contributed by atoms with Crippen molar-refractivity contribution < 1.29 is 19.1 Å². The van der Waals surface area contributed by atoms with E-state index >= 15 is 0 Å². The molecule has 5 rings (SSSR count). The average molecular weight is 376 g/mol. The molecule has 1 saturated heterocycles. The molecule has 3 heterocycles. The molecule has 3 aromatic rings. The highest BCUT2D eigenvalue weighted by Crippen LogP contribution is 2.43. The minimum Gasteiger partial charge on any atom is -0.497 e. The molecule has 6 heteroatoms. The van der Waals surface area contributed by atoms with Crippen LogP contribution in [0.15, 0.2) is 48.5 Å². The summed E-state index contributed by atoms with van der Waals surface area (Å²) in [6.07, 6.45) is 1.50. The number of aromatic nitrogens is 1. The maximum Gasteiger partial charge on any atom is 0.339 e. The van der Waals surface area contributed by atoms with Crippen LogP contribution in [-0.2, 0) is 10.3 Å². The summed E-state index contributed by atoms with van der Waals surface area (Å²) < 4.78 is 11.1. The van der Waals surface area contributed by atoms with Crippen LogP contribution in [0.4, 0.5) is 0 Å². The summed E-state index contributed by atoms with van der Waals surface area (Å²) in [4.78, 5) is 30.5. The molecular formula is C22H20N2O4. The van der Waals surface area contributed by atoms with E-state index in [-0.39, 0.29) is 11.9 Å². The average Bonchev–Trinajstić information content (AvgIpc) is 3.26. The predicted octanol–water partition coefficient (Wildman–Crippen LogP) is 3.48. The van der Waals surface area contributed by atoms with Crippen LogP contribution in [0.2, 0.25) is 0 Å². The highest BCUT2D eigenvalue weighted by Gasteiger charge is 2.48. The Kier molecular flexibility index (Phi) is 3.69. The molecule has 0 radical (unpaired) electrons. The Morgan fingerprint density at radius 3 is 2.93 bits per heavy atom. The van der Waals surface area contributed by atoms with Gasteiger partial charge >= 0.3 is 5.97 Å². The van der Waals surface area contributed by atoms with Crippen molar-refractivity contribution in [3.05, 3.63) is 65.4 Å². The van der Waals surface area contributed by atoms with Crippen LogP contribution in [-0.4, -0.2) is 42.0 Å². The van der Waals surface area contributed by atoms with Gasteiger partial charge in [-0.2, -0.15) is 0 Å². The number of H-pyrrole nitrogens is 1. The maximum atomic E-state index is 13.2. The molecule has 1 unspecified atom stereocenters. The standard InChI is InChI=1S/C22H20N2O4/c1-27-15-8-7-14-11-19(23-18(14)12-15)20(25)24-10-4-9-22(13-24)17-6-3-2-5-16(17)21(26)28-22/h2-3,5-8,11-12,23H,4,9-10,13H2,1H3. The lowest BCUT2D eigenvalue weighted by Crippen LogP contribution is -2.48. The molecule has 2 aromatic carbocycles. The second-order valence-electron chi connectivity index (χ2n) is 7.40. The monoisotopic (exact) mass is 376 g/mol. The number of esters is 1. The number of benzene rings is 2. The Morgan fingerprint density at radius 1 is 1.21 bits per heavy atom. The van der Waals surface area contributed by atoms with Crippen molar-refractivity contribution in [1.29, 1.82) is 0 Å². The van der Waals surface area contributed by atoms with Crippen molar-refractivity contribution in [2.75, 3.05) is 20.2 Å². The number of nitrogens with one attached hydrogen (secondary N) is 1. The van der Waals surface area contributed by atoms with Crippen LogP contribution in [0, 0.1) is 0 Å². The van der Waals surface area contributed by atoms with Crippen molar-refractivity contribution in [3.63, 3.8) is 0 Å². The van der Waals surface area contributed by atoms with Gasteiger partial charge in [-0.1, -0.05) is 18.2 Å². The van der Waals surface area contributed by atoms with E-state index in [0.717, 1.165) is 35.1 Å². The quantitative estimate of drug-likeness (QED) is 0.695. The molecule has 1 spiro atoms. The van der Waals surface area contributed by atoms with Crippen molar-refractivity contribution in [2.45, 2.75) is 18.4 Å². The molecule has 1 fully saturated rings. The number of hydrogen-bond acceptors (Lipinski definition) is 4. The normalized spacial score (nSPS) is 21.0. The largest absolute Gasteiger partial charge is 0.497 e. The highest BCUT2D eigenvalue weighted by molar-refractivity contribution is 5.99. The zero-order valence-electron chi connectivity index (χ0n) is 15.5. The molecule has 2 aliphatic rings. The van der Waals surface area contributed by atoms with Gasteiger partial charge in [-0.05, 0) is 37.1 Å². The maximum absolute atomic E-state index is 13.2. The number of methoxy groups -OCH3 is 1. The fourth-order valence-corrected chi connectivity index (χ4v) is 4.36. The molecule has 2 aliphatic heterocycles. The first-order valence-corrected chi connectivity index (χ1v) is 9.38. The van der Waals surface area contributed by atoms with Gasteiger partial charge in [-0.25, -0.2) is 4.79 Å². The number of rotatable bonds is 2. The summed E-state index contributed by atoms with van der Waals surface area (Å²) in [6.45, 7) is 1.01. The first-order chi connectivity index (χ1) is 13.6. The SMILES string of the molecule is COc1ccc2cc(C(=O)N3CCCC4(C3)OC(=O)c3ccccc34)[nH]c2c1. The first-order valence-electron chi connectivity index (χ1n) is 9.38. The lowest BCUT2D eigenvalue weighted by Gasteiger charge is -2.39. The Labute approximate surface area is 162 Å². The molecule has 1 atom stereocenters. The molecule has 1 amide bonds. The number of aromatic amines is 1. The highest BCUT2D eigenvalue weighted by atomic mass is 16.6. The Balaban J connectivity index is 1.46. The van der Waals surface area contributed by atoms with Crippen molar-refractivity contribution in [2.24, 2.45) is 0 Å². The van der Waals surface area contributed by atoms with E-state index in [0.29, 0.717) is 24.3 Å². The van der Waals surface area contributed by atoms with Crippen molar-refractivity contribution in [3.8, 4) is 5.75 Å². The number of hydrogen-bond donors (Lipinski definition) is 1. The summed E-state index contributed by atoms with van der Waals surface area (Å²) in [5.41, 5.74) is 2.13. The number of carbonyl (C=O) groups is 2. The van der Waals surface area contributed by atoms with Crippen LogP contribution >= 0.6 is 0 Å². The third-order valence-corrected chi connectivity index (χ3v) is 5.73. The van der Waals surface area contributed by atoms with Crippen molar-refractivity contribution >= 4 is 22.8 Å². The van der Waals surface area contributed by atoms with Crippen LogP contribution in [0.25, 0.3) is 10.9 Å². The summed E-state index contributed by atoms with van der Waals surface area (Å²) in [6, 6.07) is 15.0. The van der Waals surface area contributed by atoms with Gasteiger partial charge in [0.15, 0.2) is 5.60 Å². The number of piperidine rings is 1. The van der Waals surface area contributed by atoms with Crippen molar-refractivity contribution in [1.82, 2.24) is 9.88 Å². The van der Waals surface area contributed by atoms with E-state index in [4.69, 9.17) is 9.47 Å². The van der Waals surface area contributed by atoms with Crippen LogP contribution < -0.4 is 4.74 Å². The predicted molar refractivity (Wildman–Crippen MR) is 104 cm³/mol. The zero-order valence-corrected chi connectivity index (χ0v) is 15.5. The van der Waals surface area contributed by atoms with Gasteiger partial charge in [0.2, 0.25) is 0 Å². The van der Waals surface area contributed by atoms with Gasteiger partial charge in [-0.15, -0.1) is 0 Å². The molecule has 0 saturated carbocycles. The van der Waals surface area contributed by atoms with Gasteiger partial charge in [0.25, 0.3) is 5.91 Å². The first kappa shape index (κ1) is 16.9. The summed E-state index contributed by atoms with van der Waals surface area (Å²) in [7, 11) is 1.62. The van der Waals surface area contributed by atoms with Gasteiger partial charge < -0.3 is 19.4 Å². The minimum absolute atomic E-state index is 0.0883. The number of nitrogens with zero attached hydrogens (tertiary/aromatic N) is 1. The second kappa shape index (κ2) is 6.12. The molecule has 1 aromatic heterocycles. The van der Waals surface area contributed by atoms with E-state index in [1.54, 1.807) is 18.1 Å². The molecule has 0 bridgehead atoms. The molecule has 142 valence electrons. The van der Waals surface area contributed by atoms with Gasteiger partial charge in [0.05, 0.1) is 19.2 Å². The van der Waals surface area contributed by atoms with Crippen LogP contribution in [0.3, 0.4) is 0 Å². The molecule has 0 aliphatic carbocycles. The van der Waals surface area contributed by atoms with Crippen LogP contribution in [0.5, 0.6) is 5.75 Å². The summed E-state index contributed by atoms with van der Waals surface area (Å²) >= 11 is 0. The van der Waals surface area contributed by atoms with Gasteiger partial charge in [-0.3, -0.25) is 4.79 Å². The Bertz CT molecular complexity index is 1100.